The summed E-state index contributed by atoms with van der Waals surface area (Å²) in [6.45, 7) is 0. The highest BCUT2D eigenvalue weighted by Crippen LogP contribution is 2.21. The van der Waals surface area contributed by atoms with Crippen molar-refractivity contribution >= 4 is 33.5 Å². The molecule has 0 radical (unpaired) electrons. The van der Waals surface area contributed by atoms with Crippen molar-refractivity contribution < 1.29 is 4.79 Å². The molecular weight excluding hydrogens is 300 g/mol. The van der Waals surface area contributed by atoms with E-state index in [0.717, 1.165) is 9.37 Å². The molecule has 0 unspecified atom stereocenters. The molecule has 0 saturated carbocycles. The number of rotatable bonds is 4. The molecule has 5 heteroatoms. The number of ketones is 1. The first-order valence-electron chi connectivity index (χ1n) is 5.05. The maximum absolute atomic E-state index is 11.8. The van der Waals surface area contributed by atoms with Crippen LogP contribution in [-0.4, -0.2) is 21.3 Å². The number of aromatic nitrogens is 2. The van der Waals surface area contributed by atoms with Crippen LogP contribution in [0.5, 0.6) is 0 Å². The smallest absolute Gasteiger partial charge is 0.176 e. The minimum atomic E-state index is 0.103. The molecule has 0 spiro atoms. The molecule has 0 aliphatic rings. The second-order valence-corrected chi connectivity index (χ2v) is 5.53. The third-order valence-corrected chi connectivity index (χ3v) is 3.75. The summed E-state index contributed by atoms with van der Waals surface area (Å²) in [6.07, 6.45) is 3.34. The van der Waals surface area contributed by atoms with Crippen molar-refractivity contribution in [2.24, 2.45) is 7.05 Å². The van der Waals surface area contributed by atoms with Crippen LogP contribution in [0.2, 0.25) is 0 Å². The number of thioether (sulfide) groups is 1. The fraction of sp³-hybridized carbons (Fsp3) is 0.167. The molecule has 0 fully saturated rings. The van der Waals surface area contributed by atoms with Crippen LogP contribution in [0.25, 0.3) is 0 Å². The Kier molecular flexibility index (Phi) is 4.02. The maximum Gasteiger partial charge on any atom is 0.176 e. The summed E-state index contributed by atoms with van der Waals surface area (Å²) < 4.78 is 2.68. The molecule has 1 heterocycles. The average molecular weight is 311 g/mol. The third kappa shape index (κ3) is 3.44. The molecule has 2 aromatic rings. The predicted molar refractivity (Wildman–Crippen MR) is 72.4 cm³/mol. The first-order chi connectivity index (χ1) is 8.15. The van der Waals surface area contributed by atoms with Crippen molar-refractivity contribution in [1.82, 2.24) is 9.78 Å². The summed E-state index contributed by atoms with van der Waals surface area (Å²) >= 11 is 4.91. The summed E-state index contributed by atoms with van der Waals surface area (Å²) in [5.74, 6) is 0.541. The molecule has 0 N–H and O–H groups in total. The Balaban J connectivity index is 1.94. The monoisotopic (exact) mass is 310 g/mol. The number of aryl methyl sites for hydroxylation is 1. The maximum atomic E-state index is 11.8. The minimum absolute atomic E-state index is 0.103. The topological polar surface area (TPSA) is 34.9 Å². The largest absolute Gasteiger partial charge is 0.293 e. The number of hydrogen-bond acceptors (Lipinski definition) is 3. The highest BCUT2D eigenvalue weighted by molar-refractivity contribution is 9.10. The lowest BCUT2D eigenvalue weighted by Crippen LogP contribution is -2.00. The summed E-state index contributed by atoms with van der Waals surface area (Å²) in [7, 11) is 1.80. The average Bonchev–Trinajstić information content (AvgIpc) is 2.75. The van der Waals surface area contributed by atoms with Crippen LogP contribution < -0.4 is 0 Å². The van der Waals surface area contributed by atoms with E-state index in [2.05, 4.69) is 21.0 Å². The lowest BCUT2D eigenvalue weighted by Gasteiger charge is -2.00. The highest BCUT2D eigenvalue weighted by atomic mass is 79.9. The van der Waals surface area contributed by atoms with Crippen LogP contribution in [0.15, 0.2) is 46.0 Å². The normalized spacial score (nSPS) is 10.5. The van der Waals surface area contributed by atoms with E-state index < -0.39 is 0 Å². The second kappa shape index (κ2) is 5.51. The van der Waals surface area contributed by atoms with Gasteiger partial charge in [0.15, 0.2) is 5.78 Å². The molecular formula is C12H11BrN2OS. The summed E-state index contributed by atoms with van der Waals surface area (Å²) in [5.41, 5.74) is 0.664. The fourth-order valence-corrected chi connectivity index (χ4v) is 2.39. The molecule has 0 amide bonds. The Labute approximate surface area is 112 Å². The number of hydrogen-bond donors (Lipinski definition) is 0. The Morgan fingerprint density at radius 2 is 2.12 bits per heavy atom. The molecule has 17 heavy (non-hydrogen) atoms. The van der Waals surface area contributed by atoms with Crippen molar-refractivity contribution in [3.63, 3.8) is 0 Å². The third-order valence-electron chi connectivity index (χ3n) is 2.21. The first kappa shape index (κ1) is 12.4. The Morgan fingerprint density at radius 1 is 1.41 bits per heavy atom. The van der Waals surface area contributed by atoms with E-state index in [4.69, 9.17) is 0 Å². The van der Waals surface area contributed by atoms with E-state index in [1.54, 1.807) is 24.1 Å². The Hall–Kier alpha value is -1.07. The zero-order valence-electron chi connectivity index (χ0n) is 9.26. The van der Waals surface area contributed by atoms with Gasteiger partial charge in [0, 0.05) is 22.6 Å². The minimum Gasteiger partial charge on any atom is -0.293 e. The number of halogens is 1. The number of Topliss-reactive ketones (excluding diaryl/α,β-unsaturated/α-hetero) is 1. The molecule has 1 aromatic carbocycles. The second-order valence-electron chi connectivity index (χ2n) is 3.57. The van der Waals surface area contributed by atoms with Gasteiger partial charge in [-0.2, -0.15) is 5.10 Å². The van der Waals surface area contributed by atoms with Crippen molar-refractivity contribution in [1.29, 1.82) is 0 Å². The molecule has 3 nitrogen and oxygen atoms in total. The number of carbonyl (C=O) groups excluding carboxylic acids is 1. The molecule has 88 valence electrons. The Morgan fingerprint density at radius 3 is 2.71 bits per heavy atom. The van der Waals surface area contributed by atoms with Gasteiger partial charge < -0.3 is 0 Å². The zero-order valence-corrected chi connectivity index (χ0v) is 11.7. The van der Waals surface area contributed by atoms with Gasteiger partial charge in [0.05, 0.1) is 17.5 Å². The van der Waals surface area contributed by atoms with Gasteiger partial charge in [0.1, 0.15) is 0 Å². The van der Waals surface area contributed by atoms with E-state index in [0.29, 0.717) is 11.3 Å². The van der Waals surface area contributed by atoms with Gasteiger partial charge in [-0.3, -0.25) is 9.48 Å². The predicted octanol–water partition coefficient (Wildman–Crippen LogP) is 3.16. The number of benzene rings is 1. The highest BCUT2D eigenvalue weighted by Gasteiger charge is 2.08. The lowest BCUT2D eigenvalue weighted by atomic mass is 10.3. The SMILES string of the molecule is Cn1cc(C(=O)CSc2ccc(Br)cc2)cn1. The Bertz CT molecular complexity index is 522. The van der Waals surface area contributed by atoms with Gasteiger partial charge in [0.2, 0.25) is 0 Å². The van der Waals surface area contributed by atoms with Crippen molar-refractivity contribution in [3.8, 4) is 0 Å². The summed E-state index contributed by atoms with van der Waals surface area (Å²) in [4.78, 5) is 12.9. The summed E-state index contributed by atoms with van der Waals surface area (Å²) in [5, 5.41) is 3.98. The van der Waals surface area contributed by atoms with E-state index in [1.807, 2.05) is 24.3 Å². The summed E-state index contributed by atoms with van der Waals surface area (Å²) in [6, 6.07) is 7.92. The molecule has 0 saturated heterocycles. The molecule has 2 rings (SSSR count). The van der Waals surface area contributed by atoms with Gasteiger partial charge in [-0.15, -0.1) is 11.8 Å². The van der Waals surface area contributed by atoms with Crippen molar-refractivity contribution in [2.75, 3.05) is 5.75 Å². The molecule has 0 bridgehead atoms. The van der Waals surface area contributed by atoms with E-state index in [1.165, 1.54) is 11.8 Å². The number of nitrogens with zero attached hydrogens (tertiary/aromatic N) is 2. The molecule has 0 aliphatic heterocycles. The molecule has 0 atom stereocenters. The van der Waals surface area contributed by atoms with Crippen LogP contribution in [0, 0.1) is 0 Å². The van der Waals surface area contributed by atoms with Crippen LogP contribution >= 0.6 is 27.7 Å². The van der Waals surface area contributed by atoms with E-state index in [9.17, 15) is 4.79 Å². The quantitative estimate of drug-likeness (QED) is 0.642. The van der Waals surface area contributed by atoms with Crippen molar-refractivity contribution in [3.05, 3.63) is 46.7 Å². The van der Waals surface area contributed by atoms with Crippen LogP contribution in [0.3, 0.4) is 0 Å². The van der Waals surface area contributed by atoms with Crippen LogP contribution in [0.4, 0.5) is 0 Å². The molecule has 1 aromatic heterocycles. The van der Waals surface area contributed by atoms with Crippen molar-refractivity contribution in [2.45, 2.75) is 4.90 Å². The van der Waals surface area contributed by atoms with Gasteiger partial charge in [-0.25, -0.2) is 0 Å². The molecule has 0 aliphatic carbocycles. The van der Waals surface area contributed by atoms with Gasteiger partial charge >= 0.3 is 0 Å². The van der Waals surface area contributed by atoms with Gasteiger partial charge in [-0.1, -0.05) is 15.9 Å². The van der Waals surface area contributed by atoms with Gasteiger partial charge in [0.25, 0.3) is 0 Å². The lowest BCUT2D eigenvalue weighted by molar-refractivity contribution is 0.102. The zero-order chi connectivity index (χ0) is 12.3. The fourth-order valence-electron chi connectivity index (χ4n) is 1.33. The standard InChI is InChI=1S/C12H11BrN2OS/c1-15-7-9(6-14-15)12(16)8-17-11-4-2-10(13)3-5-11/h2-7H,8H2,1H3. The van der Waals surface area contributed by atoms with E-state index >= 15 is 0 Å². The van der Waals surface area contributed by atoms with Crippen LogP contribution in [0.1, 0.15) is 10.4 Å². The van der Waals surface area contributed by atoms with Crippen LogP contribution in [-0.2, 0) is 7.05 Å². The van der Waals surface area contributed by atoms with E-state index in [-0.39, 0.29) is 5.78 Å². The number of carbonyl (C=O) groups is 1. The first-order valence-corrected chi connectivity index (χ1v) is 6.83. The van der Waals surface area contributed by atoms with Gasteiger partial charge in [-0.05, 0) is 24.3 Å².